The molecule has 2 rings (SSSR count). The zero-order valence-electron chi connectivity index (χ0n) is 11.3. The van der Waals surface area contributed by atoms with Crippen LogP contribution in [0.25, 0.3) is 0 Å². The first-order valence-electron chi connectivity index (χ1n) is 6.32. The van der Waals surface area contributed by atoms with E-state index < -0.39 is 0 Å². The molecule has 0 saturated heterocycles. The zero-order chi connectivity index (χ0) is 13.3. The van der Waals surface area contributed by atoms with Gasteiger partial charge in [-0.2, -0.15) is 0 Å². The molecule has 0 aliphatic carbocycles. The first-order chi connectivity index (χ1) is 8.50. The minimum atomic E-state index is -0.0745. The van der Waals surface area contributed by atoms with Gasteiger partial charge in [0.05, 0.1) is 6.04 Å². The lowest BCUT2D eigenvalue weighted by Crippen LogP contribution is -2.46. The molecular formula is C14H21N3O. The SMILES string of the molecule is CC(C(=O)N(C)C)N1CCc2c(N)cccc2C1. The number of carbonyl (C=O) groups is 1. The molecule has 4 nitrogen and oxygen atoms in total. The van der Waals surface area contributed by atoms with Gasteiger partial charge >= 0.3 is 0 Å². The Morgan fingerprint density at radius 2 is 2.17 bits per heavy atom. The van der Waals surface area contributed by atoms with Crippen LogP contribution in [-0.4, -0.2) is 42.4 Å². The van der Waals surface area contributed by atoms with Gasteiger partial charge in [0.15, 0.2) is 0 Å². The molecule has 1 aromatic rings. The van der Waals surface area contributed by atoms with E-state index in [4.69, 9.17) is 5.73 Å². The number of rotatable bonds is 2. The molecule has 1 aliphatic rings. The van der Waals surface area contributed by atoms with Gasteiger partial charge in [0.25, 0.3) is 0 Å². The van der Waals surface area contributed by atoms with Crippen molar-refractivity contribution in [2.24, 2.45) is 0 Å². The smallest absolute Gasteiger partial charge is 0.239 e. The second kappa shape index (κ2) is 4.98. The van der Waals surface area contributed by atoms with Crippen molar-refractivity contribution < 1.29 is 4.79 Å². The first-order valence-corrected chi connectivity index (χ1v) is 6.32. The van der Waals surface area contributed by atoms with E-state index in [1.54, 1.807) is 19.0 Å². The molecule has 1 amide bonds. The van der Waals surface area contributed by atoms with Gasteiger partial charge < -0.3 is 10.6 Å². The normalized spacial score (nSPS) is 17.1. The van der Waals surface area contributed by atoms with Gasteiger partial charge in [-0.15, -0.1) is 0 Å². The van der Waals surface area contributed by atoms with E-state index in [-0.39, 0.29) is 11.9 Å². The summed E-state index contributed by atoms with van der Waals surface area (Å²) in [4.78, 5) is 15.8. The largest absolute Gasteiger partial charge is 0.398 e. The van der Waals surface area contributed by atoms with Crippen LogP contribution in [-0.2, 0) is 17.8 Å². The molecule has 18 heavy (non-hydrogen) atoms. The summed E-state index contributed by atoms with van der Waals surface area (Å²) in [6.07, 6.45) is 0.924. The Morgan fingerprint density at radius 1 is 1.44 bits per heavy atom. The molecule has 2 N–H and O–H groups in total. The maximum atomic E-state index is 12.0. The van der Waals surface area contributed by atoms with E-state index in [1.165, 1.54) is 11.1 Å². The Balaban J connectivity index is 2.15. The van der Waals surface area contributed by atoms with E-state index in [9.17, 15) is 4.79 Å². The highest BCUT2D eigenvalue weighted by Gasteiger charge is 2.26. The van der Waals surface area contributed by atoms with Gasteiger partial charge in [0, 0.05) is 32.9 Å². The number of likely N-dealkylation sites (N-methyl/N-ethyl adjacent to an activating group) is 1. The minimum absolute atomic E-state index is 0.0745. The molecule has 1 aliphatic heterocycles. The molecule has 0 spiro atoms. The zero-order valence-corrected chi connectivity index (χ0v) is 11.3. The summed E-state index contributed by atoms with van der Waals surface area (Å²) in [6.45, 7) is 3.67. The van der Waals surface area contributed by atoms with E-state index in [0.29, 0.717) is 0 Å². The van der Waals surface area contributed by atoms with Gasteiger partial charge in [-0.3, -0.25) is 9.69 Å². The maximum Gasteiger partial charge on any atom is 0.239 e. The van der Waals surface area contributed by atoms with Crippen molar-refractivity contribution in [1.29, 1.82) is 0 Å². The van der Waals surface area contributed by atoms with Crippen LogP contribution in [0.4, 0.5) is 5.69 Å². The molecule has 4 heteroatoms. The number of nitrogens with two attached hydrogens (primary N) is 1. The van der Waals surface area contributed by atoms with Crippen LogP contribution in [0.15, 0.2) is 18.2 Å². The first kappa shape index (κ1) is 12.9. The van der Waals surface area contributed by atoms with Crippen molar-refractivity contribution in [3.8, 4) is 0 Å². The number of nitrogen functional groups attached to an aromatic ring is 1. The predicted molar refractivity (Wildman–Crippen MR) is 73.1 cm³/mol. The molecule has 0 radical (unpaired) electrons. The molecule has 0 fully saturated rings. The molecule has 1 unspecified atom stereocenters. The highest BCUT2D eigenvalue weighted by atomic mass is 16.2. The molecule has 1 aromatic carbocycles. The number of hydrogen-bond acceptors (Lipinski definition) is 3. The molecule has 1 atom stereocenters. The number of carbonyl (C=O) groups excluding carboxylic acids is 1. The van der Waals surface area contributed by atoms with Crippen molar-refractivity contribution in [3.63, 3.8) is 0 Å². The van der Waals surface area contributed by atoms with E-state index in [1.807, 2.05) is 19.1 Å². The Bertz CT molecular complexity index is 456. The highest BCUT2D eigenvalue weighted by molar-refractivity contribution is 5.81. The molecular weight excluding hydrogens is 226 g/mol. The predicted octanol–water partition coefficient (Wildman–Crippen LogP) is 1.10. The van der Waals surface area contributed by atoms with Crippen LogP contribution in [0.3, 0.4) is 0 Å². The van der Waals surface area contributed by atoms with Gasteiger partial charge in [-0.25, -0.2) is 0 Å². The molecule has 1 heterocycles. The number of amides is 1. The van der Waals surface area contributed by atoms with Crippen LogP contribution in [0.2, 0.25) is 0 Å². The van der Waals surface area contributed by atoms with Gasteiger partial charge in [0.1, 0.15) is 0 Å². The van der Waals surface area contributed by atoms with E-state index in [2.05, 4.69) is 11.0 Å². The van der Waals surface area contributed by atoms with Crippen LogP contribution in [0.5, 0.6) is 0 Å². The van der Waals surface area contributed by atoms with Crippen molar-refractivity contribution in [1.82, 2.24) is 9.80 Å². The van der Waals surface area contributed by atoms with Gasteiger partial charge in [-0.05, 0) is 30.5 Å². The van der Waals surface area contributed by atoms with Crippen molar-refractivity contribution in [3.05, 3.63) is 29.3 Å². The third-order valence-electron chi connectivity index (χ3n) is 3.68. The third-order valence-corrected chi connectivity index (χ3v) is 3.68. The highest BCUT2D eigenvalue weighted by Crippen LogP contribution is 2.25. The maximum absolute atomic E-state index is 12.0. The van der Waals surface area contributed by atoms with E-state index in [0.717, 1.165) is 25.2 Å². The molecule has 0 saturated carbocycles. The third kappa shape index (κ3) is 2.34. The number of anilines is 1. The van der Waals surface area contributed by atoms with Gasteiger partial charge in [-0.1, -0.05) is 12.1 Å². The van der Waals surface area contributed by atoms with Crippen molar-refractivity contribution in [2.75, 3.05) is 26.4 Å². The van der Waals surface area contributed by atoms with Gasteiger partial charge in [0.2, 0.25) is 5.91 Å². The number of hydrogen-bond donors (Lipinski definition) is 1. The Labute approximate surface area is 108 Å². The van der Waals surface area contributed by atoms with E-state index >= 15 is 0 Å². The summed E-state index contributed by atoms with van der Waals surface area (Å²) in [6, 6.07) is 5.96. The summed E-state index contributed by atoms with van der Waals surface area (Å²) < 4.78 is 0. The standard InChI is InChI=1S/C14H21N3O/c1-10(14(18)16(2)3)17-8-7-12-11(9-17)5-4-6-13(12)15/h4-6,10H,7-9,15H2,1-3H3. The number of fused-ring (bicyclic) bond motifs is 1. The van der Waals surface area contributed by atoms with Crippen LogP contribution in [0, 0.1) is 0 Å². The molecule has 98 valence electrons. The van der Waals surface area contributed by atoms with Crippen molar-refractivity contribution >= 4 is 11.6 Å². The minimum Gasteiger partial charge on any atom is -0.398 e. The topological polar surface area (TPSA) is 49.6 Å². The fourth-order valence-electron chi connectivity index (χ4n) is 2.52. The number of benzene rings is 1. The fraction of sp³-hybridized carbons (Fsp3) is 0.500. The lowest BCUT2D eigenvalue weighted by Gasteiger charge is -2.34. The summed E-state index contributed by atoms with van der Waals surface area (Å²) in [5.41, 5.74) is 9.35. The van der Waals surface area contributed by atoms with Crippen molar-refractivity contribution in [2.45, 2.75) is 25.9 Å². The van der Waals surface area contributed by atoms with Crippen LogP contribution in [0.1, 0.15) is 18.1 Å². The molecule has 0 aromatic heterocycles. The summed E-state index contributed by atoms with van der Waals surface area (Å²) in [5, 5.41) is 0. The Hall–Kier alpha value is -1.55. The fourth-order valence-corrected chi connectivity index (χ4v) is 2.52. The molecule has 0 bridgehead atoms. The number of nitrogens with zero attached hydrogens (tertiary/aromatic N) is 2. The second-order valence-electron chi connectivity index (χ2n) is 5.11. The Kier molecular flexibility index (Phi) is 3.57. The summed E-state index contributed by atoms with van der Waals surface area (Å²) in [5.74, 6) is 0.155. The summed E-state index contributed by atoms with van der Waals surface area (Å²) >= 11 is 0. The average Bonchev–Trinajstić information content (AvgIpc) is 2.36. The quantitative estimate of drug-likeness (QED) is 0.796. The Morgan fingerprint density at radius 3 is 2.83 bits per heavy atom. The average molecular weight is 247 g/mol. The second-order valence-corrected chi connectivity index (χ2v) is 5.11. The lowest BCUT2D eigenvalue weighted by molar-refractivity contribution is -0.134. The van der Waals surface area contributed by atoms with Crippen LogP contribution >= 0.6 is 0 Å². The lowest BCUT2D eigenvalue weighted by atomic mass is 9.97. The summed E-state index contributed by atoms with van der Waals surface area (Å²) in [7, 11) is 3.60. The van der Waals surface area contributed by atoms with Crippen LogP contribution < -0.4 is 5.73 Å². The monoisotopic (exact) mass is 247 g/mol.